The highest BCUT2D eigenvalue weighted by Gasteiger charge is 2.37. The third kappa shape index (κ3) is 1.95. The molecule has 0 radical (unpaired) electrons. The van der Waals surface area contributed by atoms with Gasteiger partial charge in [0.1, 0.15) is 0 Å². The molecule has 2 unspecified atom stereocenters. The molecule has 1 aromatic rings. The number of benzene rings is 1. The van der Waals surface area contributed by atoms with E-state index in [0.717, 1.165) is 16.8 Å². The Morgan fingerprint density at radius 3 is 2.41 bits per heavy atom. The molecular formula is C14H20N2O. The number of amides is 1. The molecule has 2 rings (SSSR count). The molecular weight excluding hydrogens is 212 g/mol. The van der Waals surface area contributed by atoms with E-state index in [9.17, 15) is 4.79 Å². The molecule has 0 saturated carbocycles. The second-order valence-electron chi connectivity index (χ2n) is 4.94. The lowest BCUT2D eigenvalue weighted by molar-refractivity contribution is -0.117. The minimum Gasteiger partial charge on any atom is -0.330 e. The van der Waals surface area contributed by atoms with Gasteiger partial charge in [-0.05, 0) is 38.4 Å². The second kappa shape index (κ2) is 4.49. The molecule has 0 bridgehead atoms. The second-order valence-corrected chi connectivity index (χ2v) is 4.94. The summed E-state index contributed by atoms with van der Waals surface area (Å²) in [5, 5.41) is 0. The number of rotatable bonds is 2. The monoisotopic (exact) mass is 232 g/mol. The highest BCUT2D eigenvalue weighted by Crippen LogP contribution is 2.34. The van der Waals surface area contributed by atoms with Crippen molar-refractivity contribution in [1.29, 1.82) is 0 Å². The van der Waals surface area contributed by atoms with E-state index in [4.69, 9.17) is 5.73 Å². The van der Waals surface area contributed by atoms with Crippen molar-refractivity contribution in [1.82, 2.24) is 0 Å². The minimum absolute atomic E-state index is 0.199. The van der Waals surface area contributed by atoms with Crippen LogP contribution in [0.4, 0.5) is 5.69 Å². The Bertz CT molecular complexity index is 422. The zero-order valence-electron chi connectivity index (χ0n) is 10.7. The number of hydrogen-bond donors (Lipinski definition) is 1. The van der Waals surface area contributed by atoms with Crippen LogP contribution in [-0.4, -0.2) is 18.5 Å². The number of hydrogen-bond acceptors (Lipinski definition) is 2. The van der Waals surface area contributed by atoms with E-state index in [1.807, 2.05) is 11.0 Å². The van der Waals surface area contributed by atoms with E-state index in [1.165, 1.54) is 0 Å². The van der Waals surface area contributed by atoms with Gasteiger partial charge in [0.15, 0.2) is 0 Å². The summed E-state index contributed by atoms with van der Waals surface area (Å²) in [4.78, 5) is 14.1. The lowest BCUT2D eigenvalue weighted by Crippen LogP contribution is -2.35. The lowest BCUT2D eigenvalue weighted by Gasteiger charge is -2.27. The molecule has 1 amide bonds. The van der Waals surface area contributed by atoms with Gasteiger partial charge < -0.3 is 10.6 Å². The topological polar surface area (TPSA) is 46.3 Å². The number of para-hydroxylation sites is 1. The summed E-state index contributed by atoms with van der Waals surface area (Å²) in [6.07, 6.45) is 0.575. The number of nitrogens with zero attached hydrogens (tertiary/aromatic N) is 1. The zero-order chi connectivity index (χ0) is 12.6. The summed E-state index contributed by atoms with van der Waals surface area (Å²) in [5.41, 5.74) is 9.11. The van der Waals surface area contributed by atoms with Crippen LogP contribution in [0.5, 0.6) is 0 Å². The Kier molecular flexibility index (Phi) is 3.20. The van der Waals surface area contributed by atoms with Gasteiger partial charge in [0.05, 0.1) is 0 Å². The molecule has 1 heterocycles. The van der Waals surface area contributed by atoms with E-state index in [1.54, 1.807) is 0 Å². The van der Waals surface area contributed by atoms with Crippen LogP contribution in [-0.2, 0) is 4.79 Å². The molecule has 17 heavy (non-hydrogen) atoms. The Morgan fingerprint density at radius 2 is 1.94 bits per heavy atom. The molecule has 3 nitrogen and oxygen atoms in total. The average Bonchev–Trinajstić information content (AvgIpc) is 2.56. The molecule has 0 aromatic heterocycles. The summed E-state index contributed by atoms with van der Waals surface area (Å²) in [5.74, 6) is 0.479. The molecule has 1 aliphatic heterocycles. The van der Waals surface area contributed by atoms with Crippen molar-refractivity contribution in [3.05, 3.63) is 29.3 Å². The number of anilines is 1. The van der Waals surface area contributed by atoms with E-state index >= 15 is 0 Å². The van der Waals surface area contributed by atoms with E-state index in [2.05, 4.69) is 32.9 Å². The Balaban J connectivity index is 2.43. The van der Waals surface area contributed by atoms with Crippen LogP contribution in [0.3, 0.4) is 0 Å². The largest absolute Gasteiger partial charge is 0.330 e. The van der Waals surface area contributed by atoms with Crippen molar-refractivity contribution in [2.24, 2.45) is 11.7 Å². The highest BCUT2D eigenvalue weighted by molar-refractivity contribution is 5.98. The van der Waals surface area contributed by atoms with Crippen LogP contribution in [0.2, 0.25) is 0 Å². The molecule has 2 atom stereocenters. The van der Waals surface area contributed by atoms with Gasteiger partial charge >= 0.3 is 0 Å². The van der Waals surface area contributed by atoms with Gasteiger partial charge in [0.2, 0.25) is 5.91 Å². The first-order chi connectivity index (χ1) is 8.06. The van der Waals surface area contributed by atoms with Crippen LogP contribution in [0.15, 0.2) is 18.2 Å². The molecule has 1 aromatic carbocycles. The number of aryl methyl sites for hydroxylation is 2. The number of nitrogens with two attached hydrogens (primary N) is 1. The smallest absolute Gasteiger partial charge is 0.227 e. The van der Waals surface area contributed by atoms with Crippen LogP contribution in [0, 0.1) is 19.8 Å². The Morgan fingerprint density at radius 1 is 1.35 bits per heavy atom. The fraction of sp³-hybridized carbons (Fsp3) is 0.500. The summed E-state index contributed by atoms with van der Waals surface area (Å²) >= 11 is 0. The van der Waals surface area contributed by atoms with Crippen molar-refractivity contribution in [3.63, 3.8) is 0 Å². The summed E-state index contributed by atoms with van der Waals surface area (Å²) in [6, 6.07) is 6.34. The van der Waals surface area contributed by atoms with Gasteiger partial charge in [-0.2, -0.15) is 0 Å². The van der Waals surface area contributed by atoms with Crippen molar-refractivity contribution in [3.8, 4) is 0 Å². The normalized spacial score (nSPS) is 24.5. The third-order valence-corrected chi connectivity index (χ3v) is 3.78. The van der Waals surface area contributed by atoms with Crippen LogP contribution in [0.25, 0.3) is 0 Å². The Hall–Kier alpha value is -1.35. The molecule has 3 heteroatoms. The molecule has 0 spiro atoms. The quantitative estimate of drug-likeness (QED) is 0.847. The first-order valence-electron chi connectivity index (χ1n) is 6.14. The first kappa shape index (κ1) is 12.1. The Labute approximate surface area is 103 Å². The standard InChI is InChI=1S/C14H20N2O/c1-9-5-4-6-10(2)14(9)16-11(3)12(8-15)7-13(16)17/h4-6,11-12H,7-8,15H2,1-3H3. The maximum atomic E-state index is 12.1. The van der Waals surface area contributed by atoms with E-state index in [-0.39, 0.29) is 17.9 Å². The van der Waals surface area contributed by atoms with Gasteiger partial charge in [0, 0.05) is 24.1 Å². The average molecular weight is 232 g/mol. The predicted molar refractivity (Wildman–Crippen MR) is 70.0 cm³/mol. The molecule has 2 N–H and O–H groups in total. The lowest BCUT2D eigenvalue weighted by atomic mass is 10.0. The fourth-order valence-electron chi connectivity index (χ4n) is 2.73. The first-order valence-corrected chi connectivity index (χ1v) is 6.14. The molecule has 0 aliphatic carbocycles. The van der Waals surface area contributed by atoms with Crippen molar-refractivity contribution in [2.45, 2.75) is 33.2 Å². The SMILES string of the molecule is Cc1cccc(C)c1N1C(=O)CC(CN)C1C. The van der Waals surface area contributed by atoms with Crippen LogP contribution >= 0.6 is 0 Å². The summed E-state index contributed by atoms with van der Waals surface area (Å²) in [7, 11) is 0. The maximum absolute atomic E-state index is 12.1. The van der Waals surface area contributed by atoms with Gasteiger partial charge in [0.25, 0.3) is 0 Å². The molecule has 1 saturated heterocycles. The van der Waals surface area contributed by atoms with E-state index in [0.29, 0.717) is 13.0 Å². The van der Waals surface area contributed by atoms with Crippen LogP contribution in [0.1, 0.15) is 24.5 Å². The van der Waals surface area contributed by atoms with Gasteiger partial charge in [-0.15, -0.1) is 0 Å². The van der Waals surface area contributed by atoms with Gasteiger partial charge in [-0.3, -0.25) is 4.79 Å². The van der Waals surface area contributed by atoms with Crippen LogP contribution < -0.4 is 10.6 Å². The number of carbonyl (C=O) groups excluding carboxylic acids is 1. The third-order valence-electron chi connectivity index (χ3n) is 3.78. The maximum Gasteiger partial charge on any atom is 0.227 e. The van der Waals surface area contributed by atoms with Crippen molar-refractivity contribution < 1.29 is 4.79 Å². The van der Waals surface area contributed by atoms with Gasteiger partial charge in [-0.1, -0.05) is 18.2 Å². The zero-order valence-corrected chi connectivity index (χ0v) is 10.7. The molecule has 92 valence electrons. The van der Waals surface area contributed by atoms with Crippen molar-refractivity contribution >= 4 is 11.6 Å². The van der Waals surface area contributed by atoms with E-state index < -0.39 is 0 Å². The van der Waals surface area contributed by atoms with Gasteiger partial charge in [-0.25, -0.2) is 0 Å². The summed E-state index contributed by atoms with van der Waals surface area (Å²) in [6.45, 7) is 6.78. The summed E-state index contributed by atoms with van der Waals surface area (Å²) < 4.78 is 0. The highest BCUT2D eigenvalue weighted by atomic mass is 16.2. The molecule has 1 aliphatic rings. The minimum atomic E-state index is 0.199. The number of carbonyl (C=O) groups is 1. The predicted octanol–water partition coefficient (Wildman–Crippen LogP) is 2.00. The fourth-order valence-corrected chi connectivity index (χ4v) is 2.73. The molecule has 1 fully saturated rings. The van der Waals surface area contributed by atoms with Crippen molar-refractivity contribution in [2.75, 3.05) is 11.4 Å².